The summed E-state index contributed by atoms with van der Waals surface area (Å²) >= 11 is 1.63. The molecule has 1 atom stereocenters. The molecule has 6 heteroatoms. The predicted molar refractivity (Wildman–Crippen MR) is 93.0 cm³/mol. The van der Waals surface area contributed by atoms with Crippen molar-refractivity contribution in [2.75, 3.05) is 7.05 Å². The molecule has 0 N–H and O–H groups in total. The molecule has 0 aliphatic heterocycles. The summed E-state index contributed by atoms with van der Waals surface area (Å²) in [6.07, 6.45) is 6.93. The average Bonchev–Trinajstić information content (AvgIpc) is 3.16. The highest BCUT2D eigenvalue weighted by molar-refractivity contribution is 7.18. The maximum Gasteiger partial charge on any atom is 0.246 e. The highest BCUT2D eigenvalue weighted by Gasteiger charge is 2.19. The summed E-state index contributed by atoms with van der Waals surface area (Å²) in [5, 5.41) is 5.02. The molecule has 0 saturated carbocycles. The summed E-state index contributed by atoms with van der Waals surface area (Å²) in [5.41, 5.74) is 1.88. The zero-order valence-electron chi connectivity index (χ0n) is 13.3. The molecule has 0 saturated heterocycles. The monoisotopic (exact) mass is 326 g/mol. The Morgan fingerprint density at radius 2 is 2.17 bits per heavy atom. The minimum absolute atomic E-state index is 0.0550. The molecule has 2 aromatic heterocycles. The summed E-state index contributed by atoms with van der Waals surface area (Å²) in [6, 6.07) is 7.94. The highest BCUT2D eigenvalue weighted by atomic mass is 32.1. The first kappa shape index (κ1) is 15.4. The van der Waals surface area contributed by atoms with Crippen LogP contribution >= 0.6 is 11.3 Å². The predicted octanol–water partition coefficient (Wildman–Crippen LogP) is 3.26. The van der Waals surface area contributed by atoms with E-state index in [0.717, 1.165) is 20.8 Å². The molecule has 0 spiro atoms. The van der Waals surface area contributed by atoms with Crippen LogP contribution in [0.4, 0.5) is 0 Å². The van der Waals surface area contributed by atoms with Gasteiger partial charge in [-0.2, -0.15) is 5.10 Å². The van der Waals surface area contributed by atoms with E-state index in [1.165, 1.54) is 0 Å². The maximum absolute atomic E-state index is 12.3. The third kappa shape index (κ3) is 3.32. The van der Waals surface area contributed by atoms with Gasteiger partial charge in [-0.25, -0.2) is 4.98 Å². The maximum atomic E-state index is 12.3. The van der Waals surface area contributed by atoms with Gasteiger partial charge in [0.15, 0.2) is 0 Å². The molecule has 23 heavy (non-hydrogen) atoms. The number of carbonyl (C=O) groups is 1. The van der Waals surface area contributed by atoms with Crippen LogP contribution in [0, 0.1) is 0 Å². The van der Waals surface area contributed by atoms with Gasteiger partial charge in [0.2, 0.25) is 5.91 Å². The van der Waals surface area contributed by atoms with Crippen LogP contribution < -0.4 is 0 Å². The molecule has 0 fully saturated rings. The standard InChI is InChI=1S/C17H18N4OS/c1-12(17-19-14-6-4-5-7-15(14)23-17)21(3)16(22)9-8-13-10-18-20(2)11-13/h4-12H,1-3H3/b9-8+/t12-/m1/s1. The number of carbonyl (C=O) groups excluding carboxylic acids is 1. The number of para-hydroxylation sites is 1. The van der Waals surface area contributed by atoms with Crippen LogP contribution in [0.25, 0.3) is 16.3 Å². The third-order valence-corrected chi connectivity index (χ3v) is 4.95. The second-order valence-corrected chi connectivity index (χ2v) is 6.49. The molecule has 2 heterocycles. The molecule has 0 aliphatic rings. The molecule has 1 amide bonds. The Balaban J connectivity index is 1.74. The number of aryl methyl sites for hydroxylation is 1. The number of amides is 1. The zero-order valence-corrected chi connectivity index (χ0v) is 14.1. The zero-order chi connectivity index (χ0) is 16.4. The fraction of sp³-hybridized carbons (Fsp3) is 0.235. The van der Waals surface area contributed by atoms with Gasteiger partial charge in [0.25, 0.3) is 0 Å². The second kappa shape index (κ2) is 6.34. The summed E-state index contributed by atoms with van der Waals surface area (Å²) in [7, 11) is 3.65. The molecule has 118 valence electrons. The molecule has 3 rings (SSSR count). The number of benzene rings is 1. The van der Waals surface area contributed by atoms with Gasteiger partial charge in [-0.15, -0.1) is 11.3 Å². The van der Waals surface area contributed by atoms with Crippen molar-refractivity contribution < 1.29 is 4.79 Å². The van der Waals surface area contributed by atoms with Gasteiger partial charge >= 0.3 is 0 Å². The molecule has 0 unspecified atom stereocenters. The lowest BCUT2D eigenvalue weighted by atomic mass is 10.2. The molecule has 0 radical (unpaired) electrons. The second-order valence-electron chi connectivity index (χ2n) is 5.43. The van der Waals surface area contributed by atoms with Crippen LogP contribution in [0.1, 0.15) is 23.5 Å². The SMILES string of the molecule is C[C@H](c1nc2ccccc2s1)N(C)C(=O)/C=C/c1cnn(C)c1. The molecule has 1 aromatic carbocycles. The van der Waals surface area contributed by atoms with Crippen LogP contribution in [0.2, 0.25) is 0 Å². The Bertz CT molecular complexity index is 831. The topological polar surface area (TPSA) is 51.0 Å². The number of thiazole rings is 1. The number of hydrogen-bond acceptors (Lipinski definition) is 4. The van der Waals surface area contributed by atoms with Crippen molar-refractivity contribution in [3.05, 3.63) is 53.3 Å². The van der Waals surface area contributed by atoms with E-state index in [1.54, 1.807) is 46.3 Å². The van der Waals surface area contributed by atoms with E-state index in [2.05, 4.69) is 10.1 Å². The normalized spacial score (nSPS) is 12.8. The van der Waals surface area contributed by atoms with E-state index >= 15 is 0 Å². The van der Waals surface area contributed by atoms with Crippen molar-refractivity contribution in [2.24, 2.45) is 7.05 Å². The van der Waals surface area contributed by atoms with E-state index in [-0.39, 0.29) is 11.9 Å². The van der Waals surface area contributed by atoms with Gasteiger partial charge in [0, 0.05) is 31.9 Å². The summed E-state index contributed by atoms with van der Waals surface area (Å²) in [6.45, 7) is 1.99. The lowest BCUT2D eigenvalue weighted by molar-refractivity contribution is -0.126. The van der Waals surface area contributed by atoms with Gasteiger partial charge in [0.1, 0.15) is 5.01 Å². The van der Waals surface area contributed by atoms with Crippen LogP contribution in [0.15, 0.2) is 42.7 Å². The molecular formula is C17H18N4OS. The smallest absolute Gasteiger partial charge is 0.246 e. The number of likely N-dealkylation sites (N-methyl/N-ethyl adjacent to an activating group) is 1. The van der Waals surface area contributed by atoms with Gasteiger partial charge < -0.3 is 4.90 Å². The van der Waals surface area contributed by atoms with Crippen molar-refractivity contribution in [2.45, 2.75) is 13.0 Å². The van der Waals surface area contributed by atoms with E-state index < -0.39 is 0 Å². The largest absolute Gasteiger partial charge is 0.333 e. The fourth-order valence-corrected chi connectivity index (χ4v) is 3.30. The molecular weight excluding hydrogens is 308 g/mol. The van der Waals surface area contributed by atoms with Crippen molar-refractivity contribution in [1.82, 2.24) is 19.7 Å². The van der Waals surface area contributed by atoms with Gasteiger partial charge in [0.05, 0.1) is 22.5 Å². The Hall–Kier alpha value is -2.47. The van der Waals surface area contributed by atoms with E-state index in [1.807, 2.05) is 44.4 Å². The molecule has 5 nitrogen and oxygen atoms in total. The number of aromatic nitrogens is 3. The Kier molecular flexibility index (Phi) is 4.25. The fourth-order valence-electron chi connectivity index (χ4n) is 2.24. The first-order valence-electron chi connectivity index (χ1n) is 7.33. The van der Waals surface area contributed by atoms with E-state index in [0.29, 0.717) is 0 Å². The third-order valence-electron chi connectivity index (χ3n) is 3.74. The summed E-state index contributed by atoms with van der Waals surface area (Å²) in [4.78, 5) is 18.7. The van der Waals surface area contributed by atoms with Crippen LogP contribution in [0.5, 0.6) is 0 Å². The van der Waals surface area contributed by atoms with Crippen LogP contribution in [0.3, 0.4) is 0 Å². The van der Waals surface area contributed by atoms with Crippen molar-refractivity contribution in [3.63, 3.8) is 0 Å². The number of nitrogens with zero attached hydrogens (tertiary/aromatic N) is 4. The van der Waals surface area contributed by atoms with Crippen molar-refractivity contribution >= 4 is 33.5 Å². The minimum atomic E-state index is -0.0709. The molecule has 0 aliphatic carbocycles. The highest BCUT2D eigenvalue weighted by Crippen LogP contribution is 2.28. The lowest BCUT2D eigenvalue weighted by Crippen LogP contribution is -2.27. The Labute approximate surface area is 138 Å². The quantitative estimate of drug-likeness (QED) is 0.692. The lowest BCUT2D eigenvalue weighted by Gasteiger charge is -2.21. The van der Waals surface area contributed by atoms with Crippen molar-refractivity contribution in [3.8, 4) is 0 Å². The Morgan fingerprint density at radius 3 is 2.87 bits per heavy atom. The Morgan fingerprint density at radius 1 is 1.39 bits per heavy atom. The molecule has 3 aromatic rings. The molecule has 0 bridgehead atoms. The average molecular weight is 326 g/mol. The van der Waals surface area contributed by atoms with E-state index in [4.69, 9.17) is 0 Å². The number of fused-ring (bicyclic) bond motifs is 1. The van der Waals surface area contributed by atoms with E-state index in [9.17, 15) is 4.79 Å². The first-order chi connectivity index (χ1) is 11.0. The van der Waals surface area contributed by atoms with Gasteiger partial charge in [-0.3, -0.25) is 9.48 Å². The van der Waals surface area contributed by atoms with Gasteiger partial charge in [-0.1, -0.05) is 12.1 Å². The van der Waals surface area contributed by atoms with Crippen molar-refractivity contribution in [1.29, 1.82) is 0 Å². The van der Waals surface area contributed by atoms with Crippen LogP contribution in [-0.2, 0) is 11.8 Å². The summed E-state index contributed by atoms with van der Waals surface area (Å²) < 4.78 is 2.85. The first-order valence-corrected chi connectivity index (χ1v) is 8.15. The number of rotatable bonds is 4. The van der Waals surface area contributed by atoms with Crippen LogP contribution in [-0.4, -0.2) is 32.6 Å². The van der Waals surface area contributed by atoms with Gasteiger partial charge in [-0.05, 0) is 25.1 Å². The minimum Gasteiger partial charge on any atom is -0.333 e. The number of hydrogen-bond donors (Lipinski definition) is 0. The summed E-state index contributed by atoms with van der Waals surface area (Å²) in [5.74, 6) is -0.0550.